The fourth-order valence-electron chi connectivity index (χ4n) is 1.58. The lowest BCUT2D eigenvalue weighted by atomic mass is 9.93. The fourth-order valence-corrected chi connectivity index (χ4v) is 1.58. The average molecular weight is 177 g/mol. The molecular formula is C11H15NO. The van der Waals surface area contributed by atoms with Gasteiger partial charge in [-0.15, -0.1) is 0 Å². The largest absolute Gasteiger partial charge is 0.380 e. The standard InChI is InChI=1S/C11H15NO/c1-13-8-9-2-4-10(5-3-9)11-6-12-7-11/h2-5,11-12H,6-8H2,1H3. The third-order valence-corrected chi connectivity index (χ3v) is 2.54. The lowest BCUT2D eigenvalue weighted by molar-refractivity contribution is 0.185. The first-order valence-corrected chi connectivity index (χ1v) is 4.68. The molecule has 0 aliphatic carbocycles. The number of ether oxygens (including phenoxy) is 1. The van der Waals surface area contributed by atoms with Crippen molar-refractivity contribution in [2.75, 3.05) is 20.2 Å². The lowest BCUT2D eigenvalue weighted by Crippen LogP contribution is -2.39. The Hall–Kier alpha value is -0.860. The summed E-state index contributed by atoms with van der Waals surface area (Å²) in [5.74, 6) is 0.733. The number of hydrogen-bond donors (Lipinski definition) is 1. The van der Waals surface area contributed by atoms with Gasteiger partial charge in [-0.2, -0.15) is 0 Å². The summed E-state index contributed by atoms with van der Waals surface area (Å²) < 4.78 is 5.06. The number of benzene rings is 1. The molecule has 0 unspecified atom stereocenters. The molecule has 0 amide bonds. The van der Waals surface area contributed by atoms with E-state index in [1.54, 1.807) is 7.11 Å². The maximum atomic E-state index is 5.06. The lowest BCUT2D eigenvalue weighted by Gasteiger charge is -2.27. The van der Waals surface area contributed by atoms with E-state index in [1.807, 2.05) is 0 Å². The van der Waals surface area contributed by atoms with Gasteiger partial charge in [0.05, 0.1) is 6.61 Å². The van der Waals surface area contributed by atoms with Gasteiger partial charge in [-0.25, -0.2) is 0 Å². The van der Waals surface area contributed by atoms with Crippen molar-refractivity contribution in [3.05, 3.63) is 35.4 Å². The molecule has 0 bridgehead atoms. The SMILES string of the molecule is COCc1ccc(C2CNC2)cc1. The van der Waals surface area contributed by atoms with Crippen LogP contribution in [0.5, 0.6) is 0 Å². The summed E-state index contributed by atoms with van der Waals surface area (Å²) in [7, 11) is 1.73. The predicted molar refractivity (Wildman–Crippen MR) is 52.8 cm³/mol. The van der Waals surface area contributed by atoms with E-state index in [1.165, 1.54) is 11.1 Å². The van der Waals surface area contributed by atoms with Gasteiger partial charge in [-0.3, -0.25) is 0 Å². The zero-order chi connectivity index (χ0) is 9.10. The van der Waals surface area contributed by atoms with E-state index in [4.69, 9.17) is 4.74 Å². The van der Waals surface area contributed by atoms with E-state index in [2.05, 4.69) is 29.6 Å². The van der Waals surface area contributed by atoms with Gasteiger partial charge in [0.2, 0.25) is 0 Å². The van der Waals surface area contributed by atoms with E-state index in [0.717, 1.165) is 19.0 Å². The first kappa shape index (κ1) is 8.73. The van der Waals surface area contributed by atoms with E-state index in [-0.39, 0.29) is 0 Å². The Labute approximate surface area is 78.9 Å². The number of nitrogens with one attached hydrogen (secondary N) is 1. The van der Waals surface area contributed by atoms with Gasteiger partial charge in [0, 0.05) is 26.1 Å². The summed E-state index contributed by atoms with van der Waals surface area (Å²) in [5, 5.41) is 3.27. The van der Waals surface area contributed by atoms with Crippen molar-refractivity contribution < 1.29 is 4.74 Å². The van der Waals surface area contributed by atoms with Crippen LogP contribution in [0.3, 0.4) is 0 Å². The van der Waals surface area contributed by atoms with Crippen LogP contribution in [0, 0.1) is 0 Å². The van der Waals surface area contributed by atoms with E-state index < -0.39 is 0 Å². The summed E-state index contributed by atoms with van der Waals surface area (Å²) in [6.45, 7) is 2.97. The maximum absolute atomic E-state index is 5.06. The molecule has 2 heteroatoms. The molecule has 1 aliphatic rings. The molecule has 2 rings (SSSR count). The highest BCUT2D eigenvalue weighted by molar-refractivity contribution is 5.27. The van der Waals surface area contributed by atoms with Crippen molar-refractivity contribution >= 4 is 0 Å². The molecule has 0 aromatic heterocycles. The Bertz CT molecular complexity index is 264. The van der Waals surface area contributed by atoms with Crippen LogP contribution in [0.2, 0.25) is 0 Å². The van der Waals surface area contributed by atoms with Crippen molar-refractivity contribution in [1.29, 1.82) is 0 Å². The predicted octanol–water partition coefficient (Wildman–Crippen LogP) is 1.52. The molecule has 70 valence electrons. The van der Waals surface area contributed by atoms with Crippen molar-refractivity contribution in [2.24, 2.45) is 0 Å². The Kier molecular flexibility index (Phi) is 2.62. The molecule has 0 saturated carbocycles. The molecule has 1 fully saturated rings. The van der Waals surface area contributed by atoms with Gasteiger partial charge < -0.3 is 10.1 Å². The summed E-state index contributed by atoms with van der Waals surface area (Å²) in [6, 6.07) is 8.72. The van der Waals surface area contributed by atoms with Gasteiger partial charge in [-0.1, -0.05) is 24.3 Å². The highest BCUT2D eigenvalue weighted by Crippen LogP contribution is 2.19. The van der Waals surface area contributed by atoms with Crippen LogP contribution in [0.15, 0.2) is 24.3 Å². The van der Waals surface area contributed by atoms with Gasteiger partial charge in [-0.05, 0) is 11.1 Å². The number of hydrogen-bond acceptors (Lipinski definition) is 2. The first-order chi connectivity index (χ1) is 6.40. The summed E-state index contributed by atoms with van der Waals surface area (Å²) in [5.41, 5.74) is 2.69. The zero-order valence-corrected chi connectivity index (χ0v) is 7.92. The van der Waals surface area contributed by atoms with Gasteiger partial charge >= 0.3 is 0 Å². The average Bonchev–Trinajstić information content (AvgIpc) is 2.06. The Balaban J connectivity index is 2.04. The molecular weight excluding hydrogens is 162 g/mol. The minimum absolute atomic E-state index is 0.712. The van der Waals surface area contributed by atoms with E-state index in [9.17, 15) is 0 Å². The summed E-state index contributed by atoms with van der Waals surface area (Å²) in [4.78, 5) is 0. The Morgan fingerprint density at radius 2 is 2.00 bits per heavy atom. The second-order valence-electron chi connectivity index (χ2n) is 3.53. The van der Waals surface area contributed by atoms with Crippen molar-refractivity contribution in [3.8, 4) is 0 Å². The molecule has 0 radical (unpaired) electrons. The Morgan fingerprint density at radius 3 is 2.46 bits per heavy atom. The van der Waals surface area contributed by atoms with Crippen LogP contribution in [0.25, 0.3) is 0 Å². The highest BCUT2D eigenvalue weighted by atomic mass is 16.5. The second kappa shape index (κ2) is 3.90. The third-order valence-electron chi connectivity index (χ3n) is 2.54. The smallest absolute Gasteiger partial charge is 0.0713 e. The minimum atomic E-state index is 0.712. The van der Waals surface area contributed by atoms with E-state index >= 15 is 0 Å². The van der Waals surface area contributed by atoms with Crippen LogP contribution in [-0.4, -0.2) is 20.2 Å². The van der Waals surface area contributed by atoms with Crippen LogP contribution in [-0.2, 0) is 11.3 Å². The number of rotatable bonds is 3. The molecule has 1 aromatic rings. The molecule has 1 saturated heterocycles. The summed E-state index contributed by atoms with van der Waals surface area (Å²) in [6.07, 6.45) is 0. The minimum Gasteiger partial charge on any atom is -0.380 e. The molecule has 1 N–H and O–H groups in total. The van der Waals surface area contributed by atoms with Crippen molar-refractivity contribution in [3.63, 3.8) is 0 Å². The van der Waals surface area contributed by atoms with Crippen LogP contribution in [0.1, 0.15) is 17.0 Å². The summed E-state index contributed by atoms with van der Waals surface area (Å²) >= 11 is 0. The molecule has 13 heavy (non-hydrogen) atoms. The zero-order valence-electron chi connectivity index (χ0n) is 7.92. The highest BCUT2D eigenvalue weighted by Gasteiger charge is 2.17. The first-order valence-electron chi connectivity index (χ1n) is 4.68. The van der Waals surface area contributed by atoms with Crippen LogP contribution in [0.4, 0.5) is 0 Å². The van der Waals surface area contributed by atoms with E-state index in [0.29, 0.717) is 6.61 Å². The normalized spacial score (nSPS) is 17.0. The van der Waals surface area contributed by atoms with Crippen LogP contribution < -0.4 is 5.32 Å². The number of methoxy groups -OCH3 is 1. The van der Waals surface area contributed by atoms with Gasteiger partial charge in [0.15, 0.2) is 0 Å². The maximum Gasteiger partial charge on any atom is 0.0713 e. The third kappa shape index (κ3) is 1.90. The molecule has 0 atom stereocenters. The van der Waals surface area contributed by atoms with Crippen LogP contribution >= 0.6 is 0 Å². The topological polar surface area (TPSA) is 21.3 Å². The van der Waals surface area contributed by atoms with Crippen molar-refractivity contribution in [2.45, 2.75) is 12.5 Å². The van der Waals surface area contributed by atoms with Crippen molar-refractivity contribution in [1.82, 2.24) is 5.32 Å². The molecule has 2 nitrogen and oxygen atoms in total. The second-order valence-corrected chi connectivity index (χ2v) is 3.53. The van der Waals surface area contributed by atoms with Gasteiger partial charge in [0.1, 0.15) is 0 Å². The monoisotopic (exact) mass is 177 g/mol. The molecule has 1 heterocycles. The quantitative estimate of drug-likeness (QED) is 0.755. The molecule has 0 spiro atoms. The molecule has 1 aromatic carbocycles. The van der Waals surface area contributed by atoms with Gasteiger partial charge in [0.25, 0.3) is 0 Å². The Morgan fingerprint density at radius 1 is 1.31 bits per heavy atom. The molecule has 1 aliphatic heterocycles. The fraction of sp³-hybridized carbons (Fsp3) is 0.455.